The average Bonchev–Trinajstić information content (AvgIpc) is 1.62. The van der Waals surface area contributed by atoms with Crippen LogP contribution in [0.25, 0.3) is 0 Å². The molecular formula is C3H5ClF2O2S. The lowest BCUT2D eigenvalue weighted by Crippen LogP contribution is -2.20. The van der Waals surface area contributed by atoms with Gasteiger partial charge in [0, 0.05) is 10.7 Å². The van der Waals surface area contributed by atoms with Crippen LogP contribution in [0.4, 0.5) is 8.78 Å². The molecule has 0 aromatic rings. The van der Waals surface area contributed by atoms with Crippen LogP contribution in [-0.4, -0.2) is 20.1 Å². The highest BCUT2D eigenvalue weighted by Crippen LogP contribution is 2.13. The van der Waals surface area contributed by atoms with E-state index in [1.807, 2.05) is 0 Å². The highest BCUT2D eigenvalue weighted by molar-refractivity contribution is 8.14. The van der Waals surface area contributed by atoms with Crippen LogP contribution in [0.2, 0.25) is 0 Å². The Morgan fingerprint density at radius 2 is 1.78 bits per heavy atom. The third-order valence-corrected chi connectivity index (χ3v) is 2.74. The molecule has 0 spiro atoms. The Hall–Kier alpha value is 0.1000. The third kappa shape index (κ3) is 2.95. The first-order chi connectivity index (χ1) is 3.85. The van der Waals surface area contributed by atoms with Gasteiger partial charge in [-0.15, -0.1) is 0 Å². The molecule has 0 aliphatic carbocycles. The van der Waals surface area contributed by atoms with E-state index < -0.39 is 20.7 Å². The second-order valence-electron chi connectivity index (χ2n) is 1.52. The summed E-state index contributed by atoms with van der Waals surface area (Å²) in [5.74, 6) is 0. The minimum Gasteiger partial charge on any atom is -0.212 e. The summed E-state index contributed by atoms with van der Waals surface area (Å²) >= 11 is 0. The van der Waals surface area contributed by atoms with Crippen LogP contribution in [0.15, 0.2) is 0 Å². The van der Waals surface area contributed by atoms with E-state index in [2.05, 4.69) is 10.7 Å². The normalized spacial score (nSPS) is 16.1. The van der Waals surface area contributed by atoms with E-state index in [0.29, 0.717) is 0 Å². The smallest absolute Gasteiger partial charge is 0.212 e. The van der Waals surface area contributed by atoms with Gasteiger partial charge in [0.05, 0.1) is 0 Å². The fraction of sp³-hybridized carbons (Fsp3) is 1.00. The maximum atomic E-state index is 11.5. The quantitative estimate of drug-likeness (QED) is 0.596. The van der Waals surface area contributed by atoms with Crippen molar-refractivity contribution < 1.29 is 17.2 Å². The lowest BCUT2D eigenvalue weighted by molar-refractivity contribution is 0.147. The predicted octanol–water partition coefficient (Wildman–Crippen LogP) is 1.21. The molecule has 0 aromatic heterocycles. The summed E-state index contributed by atoms with van der Waals surface area (Å²) in [6.45, 7) is 0.854. The zero-order valence-corrected chi connectivity index (χ0v) is 6.09. The largest absolute Gasteiger partial charge is 0.256 e. The monoisotopic (exact) mass is 178 g/mol. The Morgan fingerprint density at radius 1 is 1.44 bits per heavy atom. The summed E-state index contributed by atoms with van der Waals surface area (Å²) in [6, 6.07) is 0. The molecule has 1 atom stereocenters. The first kappa shape index (κ1) is 9.10. The molecule has 9 heavy (non-hydrogen) atoms. The zero-order valence-electron chi connectivity index (χ0n) is 4.51. The Bertz CT molecular complexity index is 176. The minimum atomic E-state index is -4.08. The van der Waals surface area contributed by atoms with Crippen molar-refractivity contribution in [2.24, 2.45) is 0 Å². The molecule has 56 valence electrons. The van der Waals surface area contributed by atoms with Crippen LogP contribution in [-0.2, 0) is 9.05 Å². The number of alkyl halides is 2. The van der Waals surface area contributed by atoms with Crippen molar-refractivity contribution in [2.75, 3.05) is 0 Å². The molecule has 0 aliphatic rings. The second kappa shape index (κ2) is 2.79. The van der Waals surface area contributed by atoms with E-state index >= 15 is 0 Å². The van der Waals surface area contributed by atoms with Crippen LogP contribution < -0.4 is 0 Å². The van der Waals surface area contributed by atoms with E-state index in [1.54, 1.807) is 0 Å². The summed E-state index contributed by atoms with van der Waals surface area (Å²) in [6.07, 6.45) is -2.91. The lowest BCUT2D eigenvalue weighted by Gasteiger charge is -2.03. The molecule has 2 nitrogen and oxygen atoms in total. The van der Waals surface area contributed by atoms with Crippen molar-refractivity contribution in [1.29, 1.82) is 0 Å². The Labute approximate surface area is 56.2 Å². The van der Waals surface area contributed by atoms with Gasteiger partial charge in [0.25, 0.3) is 6.43 Å². The maximum Gasteiger partial charge on any atom is 0.256 e. The minimum absolute atomic E-state index is 0.854. The number of rotatable bonds is 2. The van der Waals surface area contributed by atoms with Gasteiger partial charge >= 0.3 is 0 Å². The van der Waals surface area contributed by atoms with E-state index in [1.165, 1.54) is 0 Å². The van der Waals surface area contributed by atoms with Gasteiger partial charge in [0.2, 0.25) is 9.05 Å². The fourth-order valence-corrected chi connectivity index (χ4v) is 0.602. The van der Waals surface area contributed by atoms with Crippen molar-refractivity contribution >= 4 is 19.7 Å². The molecule has 6 heteroatoms. The SMILES string of the molecule is CC(C(F)F)S(=O)(=O)Cl. The molecule has 0 aromatic carbocycles. The topological polar surface area (TPSA) is 34.1 Å². The molecular weight excluding hydrogens is 174 g/mol. The molecule has 0 heterocycles. The molecule has 0 fully saturated rings. The molecule has 0 saturated carbocycles. The van der Waals surface area contributed by atoms with E-state index in [9.17, 15) is 17.2 Å². The second-order valence-corrected chi connectivity index (χ2v) is 4.50. The summed E-state index contributed by atoms with van der Waals surface area (Å²) in [5, 5.41) is -1.78. The molecule has 0 bridgehead atoms. The van der Waals surface area contributed by atoms with Gasteiger partial charge in [-0.3, -0.25) is 0 Å². The number of hydrogen-bond acceptors (Lipinski definition) is 2. The molecule has 1 unspecified atom stereocenters. The van der Waals surface area contributed by atoms with Gasteiger partial charge in [0.15, 0.2) is 0 Å². The van der Waals surface area contributed by atoms with E-state index in [0.717, 1.165) is 6.92 Å². The highest BCUT2D eigenvalue weighted by atomic mass is 35.7. The zero-order chi connectivity index (χ0) is 7.65. The van der Waals surface area contributed by atoms with Gasteiger partial charge in [-0.2, -0.15) is 0 Å². The molecule has 0 amide bonds. The fourth-order valence-electron chi connectivity index (χ4n) is 0.123. The summed E-state index contributed by atoms with van der Waals surface area (Å²) in [5.41, 5.74) is 0. The van der Waals surface area contributed by atoms with E-state index in [4.69, 9.17) is 0 Å². The van der Waals surface area contributed by atoms with Crippen LogP contribution in [0.1, 0.15) is 6.92 Å². The van der Waals surface area contributed by atoms with Crippen molar-refractivity contribution in [2.45, 2.75) is 18.6 Å². The Kier molecular flexibility index (Phi) is 2.82. The van der Waals surface area contributed by atoms with Gasteiger partial charge in [-0.25, -0.2) is 17.2 Å². The number of halogens is 3. The van der Waals surface area contributed by atoms with Gasteiger partial charge in [0.1, 0.15) is 5.25 Å². The summed E-state index contributed by atoms with van der Waals surface area (Å²) in [7, 11) is 0.491. The van der Waals surface area contributed by atoms with Crippen molar-refractivity contribution in [3.05, 3.63) is 0 Å². The summed E-state index contributed by atoms with van der Waals surface area (Å²) < 4.78 is 43.0. The summed E-state index contributed by atoms with van der Waals surface area (Å²) in [4.78, 5) is 0. The van der Waals surface area contributed by atoms with E-state index in [-0.39, 0.29) is 0 Å². The predicted molar refractivity (Wildman–Crippen MR) is 30.2 cm³/mol. The van der Waals surface area contributed by atoms with Crippen molar-refractivity contribution in [3.8, 4) is 0 Å². The van der Waals surface area contributed by atoms with Crippen LogP contribution >= 0.6 is 10.7 Å². The molecule has 0 rings (SSSR count). The van der Waals surface area contributed by atoms with Crippen LogP contribution in [0.3, 0.4) is 0 Å². The third-order valence-electron chi connectivity index (χ3n) is 0.799. The van der Waals surface area contributed by atoms with Crippen molar-refractivity contribution in [3.63, 3.8) is 0 Å². The molecule has 0 N–H and O–H groups in total. The van der Waals surface area contributed by atoms with Crippen molar-refractivity contribution in [1.82, 2.24) is 0 Å². The first-order valence-electron chi connectivity index (χ1n) is 2.07. The Balaban J connectivity index is 4.24. The standard InChI is InChI=1S/C3H5ClF2O2S/c1-2(3(5)6)9(4,7)8/h2-3H,1H3. The average molecular weight is 179 g/mol. The molecule has 0 saturated heterocycles. The maximum absolute atomic E-state index is 11.5. The Morgan fingerprint density at radius 3 is 1.78 bits per heavy atom. The molecule has 0 radical (unpaired) electrons. The van der Waals surface area contributed by atoms with Gasteiger partial charge < -0.3 is 0 Å². The van der Waals surface area contributed by atoms with Gasteiger partial charge in [-0.05, 0) is 6.92 Å². The molecule has 0 aliphatic heterocycles. The number of hydrogen-bond donors (Lipinski definition) is 0. The van der Waals surface area contributed by atoms with Gasteiger partial charge in [-0.1, -0.05) is 0 Å². The first-order valence-corrected chi connectivity index (χ1v) is 4.44. The lowest BCUT2D eigenvalue weighted by atomic mass is 10.5. The van der Waals surface area contributed by atoms with Crippen LogP contribution in [0.5, 0.6) is 0 Å². The van der Waals surface area contributed by atoms with Crippen LogP contribution in [0, 0.1) is 0 Å². The highest BCUT2D eigenvalue weighted by Gasteiger charge is 2.26.